The molecule has 1 saturated heterocycles. The zero-order chi connectivity index (χ0) is 18.1. The van der Waals surface area contributed by atoms with Crippen molar-refractivity contribution in [2.75, 3.05) is 38.2 Å². The van der Waals surface area contributed by atoms with Crippen LogP contribution in [0.1, 0.15) is 16.2 Å². The number of imidazole rings is 1. The van der Waals surface area contributed by atoms with E-state index in [1.807, 2.05) is 58.8 Å². The fraction of sp³-hybridized carbons (Fsp3) is 0.300. The van der Waals surface area contributed by atoms with E-state index in [0.29, 0.717) is 18.8 Å². The van der Waals surface area contributed by atoms with Gasteiger partial charge in [0.25, 0.3) is 5.91 Å². The lowest BCUT2D eigenvalue weighted by molar-refractivity contribution is 0.0741. The summed E-state index contributed by atoms with van der Waals surface area (Å²) in [6, 6.07) is 13.9. The molecule has 3 aromatic rings. The summed E-state index contributed by atoms with van der Waals surface area (Å²) in [5.41, 5.74) is 3.45. The third-order valence-corrected chi connectivity index (χ3v) is 4.91. The summed E-state index contributed by atoms with van der Waals surface area (Å²) in [5, 5.41) is 0. The summed E-state index contributed by atoms with van der Waals surface area (Å²) in [6.45, 7) is 4.90. The van der Waals surface area contributed by atoms with Crippen LogP contribution in [-0.2, 0) is 0 Å². The average molecular weight is 350 g/mol. The molecule has 1 amide bonds. The van der Waals surface area contributed by atoms with Crippen LogP contribution >= 0.6 is 0 Å². The third kappa shape index (κ3) is 2.87. The number of para-hydroxylation sites is 2. The number of hydrogen-bond acceptors (Lipinski definition) is 4. The smallest absolute Gasteiger partial charge is 0.274 e. The molecule has 0 radical (unpaired) electrons. The lowest BCUT2D eigenvalue weighted by atomic mass is 10.2. The third-order valence-electron chi connectivity index (χ3n) is 4.91. The van der Waals surface area contributed by atoms with Crippen LogP contribution in [0, 0.1) is 6.92 Å². The Balaban J connectivity index is 1.48. The molecule has 1 aliphatic rings. The van der Waals surface area contributed by atoms with Gasteiger partial charge >= 0.3 is 0 Å². The highest BCUT2D eigenvalue weighted by atomic mass is 16.5. The Labute approximate surface area is 152 Å². The molecule has 4 rings (SSSR count). The molecule has 134 valence electrons. The number of piperazine rings is 1. The molecule has 0 bridgehead atoms. The number of methoxy groups -OCH3 is 1. The van der Waals surface area contributed by atoms with Crippen LogP contribution in [0.25, 0.3) is 5.65 Å². The molecule has 6 heteroatoms. The van der Waals surface area contributed by atoms with Gasteiger partial charge in [0.2, 0.25) is 0 Å². The first-order valence-corrected chi connectivity index (χ1v) is 8.79. The molecule has 2 aromatic heterocycles. The SMILES string of the molecule is COc1ccccc1N1CCN(C(=O)c2cn3c(C)cccc3n2)CC1. The van der Waals surface area contributed by atoms with Crippen LogP contribution < -0.4 is 9.64 Å². The summed E-state index contributed by atoms with van der Waals surface area (Å²) >= 11 is 0. The van der Waals surface area contributed by atoms with Crippen LogP contribution in [0.4, 0.5) is 5.69 Å². The first-order valence-electron chi connectivity index (χ1n) is 8.79. The second-order valence-corrected chi connectivity index (χ2v) is 6.47. The number of benzene rings is 1. The molecular formula is C20H22N4O2. The number of carbonyl (C=O) groups is 1. The van der Waals surface area contributed by atoms with Crippen molar-refractivity contribution in [1.82, 2.24) is 14.3 Å². The van der Waals surface area contributed by atoms with Gasteiger partial charge in [0.15, 0.2) is 0 Å². The van der Waals surface area contributed by atoms with Gasteiger partial charge in [-0.15, -0.1) is 0 Å². The summed E-state index contributed by atoms with van der Waals surface area (Å²) in [7, 11) is 1.68. The number of amides is 1. The molecule has 0 aliphatic carbocycles. The van der Waals surface area contributed by atoms with Gasteiger partial charge in [0, 0.05) is 38.1 Å². The number of pyridine rings is 1. The number of anilines is 1. The number of rotatable bonds is 3. The van der Waals surface area contributed by atoms with Gasteiger partial charge in [-0.05, 0) is 31.2 Å². The molecule has 1 aromatic carbocycles. The van der Waals surface area contributed by atoms with Crippen molar-refractivity contribution in [2.45, 2.75) is 6.92 Å². The lowest BCUT2D eigenvalue weighted by Gasteiger charge is -2.36. The zero-order valence-corrected chi connectivity index (χ0v) is 15.1. The Bertz CT molecular complexity index is 942. The minimum atomic E-state index is -0.00669. The van der Waals surface area contributed by atoms with Crippen molar-refractivity contribution in [3.05, 3.63) is 60.0 Å². The normalized spacial score (nSPS) is 14.7. The summed E-state index contributed by atoms with van der Waals surface area (Å²) < 4.78 is 7.41. The predicted octanol–water partition coefficient (Wildman–Crippen LogP) is 2.61. The van der Waals surface area contributed by atoms with E-state index in [1.165, 1.54) is 0 Å². The van der Waals surface area contributed by atoms with Crippen molar-refractivity contribution in [3.63, 3.8) is 0 Å². The molecule has 0 unspecified atom stereocenters. The lowest BCUT2D eigenvalue weighted by Crippen LogP contribution is -2.49. The number of carbonyl (C=O) groups excluding carboxylic acids is 1. The van der Waals surface area contributed by atoms with Gasteiger partial charge in [-0.2, -0.15) is 0 Å². The van der Waals surface area contributed by atoms with Crippen molar-refractivity contribution in [3.8, 4) is 5.75 Å². The maximum atomic E-state index is 12.9. The van der Waals surface area contributed by atoms with Crippen molar-refractivity contribution in [1.29, 1.82) is 0 Å². The molecule has 0 atom stereocenters. The second-order valence-electron chi connectivity index (χ2n) is 6.47. The fourth-order valence-electron chi connectivity index (χ4n) is 3.45. The molecule has 1 aliphatic heterocycles. The molecular weight excluding hydrogens is 328 g/mol. The summed E-state index contributed by atoms with van der Waals surface area (Å²) in [4.78, 5) is 21.5. The second kappa shape index (κ2) is 6.71. The fourth-order valence-corrected chi connectivity index (χ4v) is 3.45. The highest BCUT2D eigenvalue weighted by Crippen LogP contribution is 2.28. The van der Waals surface area contributed by atoms with Crippen LogP contribution in [0.15, 0.2) is 48.7 Å². The van der Waals surface area contributed by atoms with Crippen molar-refractivity contribution >= 4 is 17.2 Å². The van der Waals surface area contributed by atoms with Gasteiger partial charge < -0.3 is 18.9 Å². The van der Waals surface area contributed by atoms with E-state index in [1.54, 1.807) is 7.11 Å². The monoisotopic (exact) mass is 350 g/mol. The first kappa shape index (κ1) is 16.4. The number of nitrogens with zero attached hydrogens (tertiary/aromatic N) is 4. The van der Waals surface area contributed by atoms with Crippen molar-refractivity contribution in [2.24, 2.45) is 0 Å². The van der Waals surface area contributed by atoms with Crippen LogP contribution in [0.5, 0.6) is 5.75 Å². The van der Waals surface area contributed by atoms with Gasteiger partial charge in [-0.3, -0.25) is 4.79 Å². The first-order chi connectivity index (χ1) is 12.7. The zero-order valence-electron chi connectivity index (χ0n) is 15.1. The van der Waals surface area contributed by atoms with Gasteiger partial charge in [-0.25, -0.2) is 4.98 Å². The number of aromatic nitrogens is 2. The Morgan fingerprint density at radius 3 is 2.54 bits per heavy atom. The van der Waals surface area contributed by atoms with E-state index in [-0.39, 0.29) is 5.91 Å². The van der Waals surface area contributed by atoms with E-state index in [4.69, 9.17) is 4.74 Å². The van der Waals surface area contributed by atoms with E-state index in [2.05, 4.69) is 16.0 Å². The Morgan fingerprint density at radius 1 is 1.04 bits per heavy atom. The van der Waals surface area contributed by atoms with Crippen LogP contribution in [0.3, 0.4) is 0 Å². The van der Waals surface area contributed by atoms with Crippen LogP contribution in [0.2, 0.25) is 0 Å². The number of ether oxygens (including phenoxy) is 1. The number of hydrogen-bond donors (Lipinski definition) is 0. The minimum Gasteiger partial charge on any atom is -0.495 e. The summed E-state index contributed by atoms with van der Waals surface area (Å²) in [6.07, 6.45) is 1.83. The maximum absolute atomic E-state index is 12.9. The van der Waals surface area contributed by atoms with E-state index in [0.717, 1.165) is 35.9 Å². The van der Waals surface area contributed by atoms with E-state index in [9.17, 15) is 4.79 Å². The summed E-state index contributed by atoms with van der Waals surface area (Å²) in [5.74, 6) is 0.857. The molecule has 1 fully saturated rings. The molecule has 0 N–H and O–H groups in total. The average Bonchev–Trinajstić information content (AvgIpc) is 3.13. The maximum Gasteiger partial charge on any atom is 0.274 e. The number of fused-ring (bicyclic) bond motifs is 1. The number of aryl methyl sites for hydroxylation is 1. The molecule has 3 heterocycles. The predicted molar refractivity (Wildman–Crippen MR) is 101 cm³/mol. The molecule has 6 nitrogen and oxygen atoms in total. The van der Waals surface area contributed by atoms with Gasteiger partial charge in [0.05, 0.1) is 12.8 Å². The standard InChI is InChI=1S/C20H22N4O2/c1-15-6-5-9-19-21-16(14-24(15)19)20(25)23-12-10-22(11-13-23)17-7-3-4-8-18(17)26-2/h3-9,14H,10-13H2,1-2H3. The van der Waals surface area contributed by atoms with E-state index >= 15 is 0 Å². The van der Waals surface area contributed by atoms with Gasteiger partial charge in [-0.1, -0.05) is 18.2 Å². The quantitative estimate of drug-likeness (QED) is 0.729. The Kier molecular flexibility index (Phi) is 4.24. The highest BCUT2D eigenvalue weighted by Gasteiger charge is 2.25. The Morgan fingerprint density at radius 2 is 1.81 bits per heavy atom. The Hall–Kier alpha value is -3.02. The molecule has 26 heavy (non-hydrogen) atoms. The van der Waals surface area contributed by atoms with Crippen molar-refractivity contribution < 1.29 is 9.53 Å². The molecule has 0 spiro atoms. The van der Waals surface area contributed by atoms with Gasteiger partial charge in [0.1, 0.15) is 17.1 Å². The van der Waals surface area contributed by atoms with E-state index < -0.39 is 0 Å². The minimum absolute atomic E-state index is 0.00669. The molecule has 0 saturated carbocycles. The van der Waals surface area contributed by atoms with Crippen LogP contribution in [-0.4, -0.2) is 53.5 Å². The highest BCUT2D eigenvalue weighted by molar-refractivity contribution is 5.93. The largest absolute Gasteiger partial charge is 0.495 e. The topological polar surface area (TPSA) is 50.1 Å².